The van der Waals surface area contributed by atoms with Crippen LogP contribution in [0.25, 0.3) is 0 Å². The molecule has 0 fully saturated rings. The van der Waals surface area contributed by atoms with Crippen LogP contribution in [-0.4, -0.2) is 34.0 Å². The van der Waals surface area contributed by atoms with Gasteiger partial charge in [0, 0.05) is 25.3 Å². The molecule has 0 saturated carbocycles. The van der Waals surface area contributed by atoms with Crippen molar-refractivity contribution in [2.45, 2.75) is 26.3 Å². The molecule has 29 heavy (non-hydrogen) atoms. The number of aromatic amines is 1. The maximum atomic E-state index is 12.3. The van der Waals surface area contributed by atoms with E-state index in [1.165, 1.54) is 28.6 Å². The number of nitrogens with zero attached hydrogens (tertiary/aromatic N) is 3. The zero-order valence-electron chi connectivity index (χ0n) is 15.9. The molecule has 0 radical (unpaired) electrons. The van der Waals surface area contributed by atoms with Crippen molar-refractivity contribution in [2.24, 2.45) is 0 Å². The number of aromatic nitrogens is 2. The van der Waals surface area contributed by atoms with Gasteiger partial charge in [0.1, 0.15) is 16.5 Å². The molecule has 0 aliphatic rings. The molecule has 1 aromatic heterocycles. The first kappa shape index (κ1) is 22.0. The van der Waals surface area contributed by atoms with Crippen molar-refractivity contribution in [3.05, 3.63) is 54.2 Å². The predicted octanol–water partition coefficient (Wildman–Crippen LogP) is 1.56. The third-order valence-corrected chi connectivity index (χ3v) is 4.46. The number of benzene rings is 1. The Morgan fingerprint density at radius 2 is 2.10 bits per heavy atom. The molecule has 0 spiro atoms. The fourth-order valence-electron chi connectivity index (χ4n) is 2.71. The van der Waals surface area contributed by atoms with Crippen LogP contribution in [0.4, 0.5) is 22.9 Å². The maximum Gasteiger partial charge on any atom is 0.330 e. The standard InChI is InChI=1S/C17H21ClN6O5/c1-3-4-7-23-15(19)14(16(26)21-17(23)27)22(2)9-13(25)20-10-5-6-11(18)12(8-10)24(28)29/h5-6,8H,3-4,7,9,19H2,1-2H3,(H,20,25)(H,21,26,27). The number of carbonyl (C=O) groups is 1. The number of nitro groups is 1. The van der Waals surface area contributed by atoms with Gasteiger partial charge in [0.25, 0.3) is 11.2 Å². The number of nitrogens with one attached hydrogen (secondary N) is 2. The van der Waals surface area contributed by atoms with Crippen LogP contribution in [0.3, 0.4) is 0 Å². The van der Waals surface area contributed by atoms with Gasteiger partial charge >= 0.3 is 5.69 Å². The van der Waals surface area contributed by atoms with E-state index >= 15 is 0 Å². The Kier molecular flexibility index (Phi) is 6.99. The Labute approximate surface area is 170 Å². The van der Waals surface area contributed by atoms with E-state index in [2.05, 4.69) is 10.3 Å². The number of halogens is 1. The number of likely N-dealkylation sites (N-methyl/N-ethyl adjacent to an activating group) is 1. The molecule has 0 unspecified atom stereocenters. The lowest BCUT2D eigenvalue weighted by Crippen LogP contribution is -2.39. The summed E-state index contributed by atoms with van der Waals surface area (Å²) >= 11 is 5.75. The zero-order chi connectivity index (χ0) is 21.7. The average molecular weight is 425 g/mol. The van der Waals surface area contributed by atoms with Gasteiger partial charge in [-0.1, -0.05) is 24.9 Å². The Balaban J connectivity index is 2.22. The molecule has 0 atom stereocenters. The molecule has 156 valence electrons. The summed E-state index contributed by atoms with van der Waals surface area (Å²) in [6.45, 7) is 2.00. The molecule has 11 nitrogen and oxygen atoms in total. The number of H-pyrrole nitrogens is 1. The Bertz CT molecular complexity index is 1050. The third-order valence-electron chi connectivity index (χ3n) is 4.14. The number of hydrogen-bond acceptors (Lipinski definition) is 7. The molecule has 0 saturated heterocycles. The third kappa shape index (κ3) is 5.13. The summed E-state index contributed by atoms with van der Waals surface area (Å²) in [6, 6.07) is 3.84. The van der Waals surface area contributed by atoms with Crippen LogP contribution in [0.5, 0.6) is 0 Å². The molecule has 4 N–H and O–H groups in total. The Morgan fingerprint density at radius 1 is 1.41 bits per heavy atom. The first-order chi connectivity index (χ1) is 13.6. The number of unbranched alkanes of at least 4 members (excludes halogenated alkanes) is 1. The number of amides is 1. The van der Waals surface area contributed by atoms with E-state index in [1.807, 2.05) is 6.92 Å². The molecule has 2 rings (SSSR count). The SMILES string of the molecule is CCCCn1c(N)c(N(C)CC(=O)Nc2ccc(Cl)c([N+](=O)[O-])c2)c(=O)[nH]c1=O. The van der Waals surface area contributed by atoms with Crippen molar-refractivity contribution in [1.82, 2.24) is 9.55 Å². The second kappa shape index (κ2) is 9.24. The molecule has 0 aliphatic carbocycles. The minimum atomic E-state index is -0.710. The number of nitrogens with two attached hydrogens (primary N) is 1. The van der Waals surface area contributed by atoms with Crippen LogP contribution in [0, 0.1) is 10.1 Å². The maximum absolute atomic E-state index is 12.3. The molecular formula is C17H21ClN6O5. The largest absolute Gasteiger partial charge is 0.383 e. The van der Waals surface area contributed by atoms with Crippen molar-refractivity contribution in [3.8, 4) is 0 Å². The lowest BCUT2D eigenvalue weighted by Gasteiger charge is -2.21. The van der Waals surface area contributed by atoms with Crippen LogP contribution >= 0.6 is 11.6 Å². The van der Waals surface area contributed by atoms with E-state index in [9.17, 15) is 24.5 Å². The van der Waals surface area contributed by atoms with E-state index in [-0.39, 0.29) is 34.4 Å². The molecule has 1 heterocycles. The van der Waals surface area contributed by atoms with Gasteiger partial charge in [0.15, 0.2) is 0 Å². The highest BCUT2D eigenvalue weighted by atomic mass is 35.5. The lowest BCUT2D eigenvalue weighted by molar-refractivity contribution is -0.384. The van der Waals surface area contributed by atoms with E-state index in [4.69, 9.17) is 17.3 Å². The van der Waals surface area contributed by atoms with Gasteiger partial charge in [-0.2, -0.15) is 0 Å². The van der Waals surface area contributed by atoms with Crippen molar-refractivity contribution < 1.29 is 9.72 Å². The van der Waals surface area contributed by atoms with Gasteiger partial charge in [-0.15, -0.1) is 0 Å². The minimum absolute atomic E-state index is 0.0158. The number of nitrogen functional groups attached to an aromatic ring is 1. The molecule has 2 aromatic rings. The van der Waals surface area contributed by atoms with Crippen LogP contribution in [0.15, 0.2) is 27.8 Å². The van der Waals surface area contributed by atoms with Crippen molar-refractivity contribution in [1.29, 1.82) is 0 Å². The normalized spacial score (nSPS) is 10.6. The first-order valence-electron chi connectivity index (χ1n) is 8.73. The van der Waals surface area contributed by atoms with Crippen LogP contribution < -0.4 is 27.2 Å². The van der Waals surface area contributed by atoms with E-state index < -0.39 is 22.1 Å². The van der Waals surface area contributed by atoms with Crippen molar-refractivity contribution in [2.75, 3.05) is 29.5 Å². The molecule has 1 aromatic carbocycles. The summed E-state index contributed by atoms with van der Waals surface area (Å²) in [5.41, 5.74) is 4.49. The minimum Gasteiger partial charge on any atom is -0.383 e. The Hall–Kier alpha value is -3.34. The van der Waals surface area contributed by atoms with Gasteiger partial charge in [-0.3, -0.25) is 29.3 Å². The molecule has 12 heteroatoms. The second-order valence-corrected chi connectivity index (χ2v) is 6.73. The highest BCUT2D eigenvalue weighted by molar-refractivity contribution is 6.32. The predicted molar refractivity (Wildman–Crippen MR) is 111 cm³/mol. The fraction of sp³-hybridized carbons (Fsp3) is 0.353. The first-order valence-corrected chi connectivity index (χ1v) is 9.11. The summed E-state index contributed by atoms with van der Waals surface area (Å²) in [6.07, 6.45) is 1.51. The van der Waals surface area contributed by atoms with Gasteiger partial charge in [-0.25, -0.2) is 4.79 Å². The summed E-state index contributed by atoms with van der Waals surface area (Å²) in [5, 5.41) is 13.4. The summed E-state index contributed by atoms with van der Waals surface area (Å²) in [4.78, 5) is 50.3. The molecule has 0 bridgehead atoms. The van der Waals surface area contributed by atoms with Gasteiger partial charge in [0.2, 0.25) is 5.91 Å². The number of nitro benzene ring substituents is 1. The molecule has 1 amide bonds. The average Bonchev–Trinajstić information content (AvgIpc) is 2.62. The van der Waals surface area contributed by atoms with Gasteiger partial charge in [-0.05, 0) is 18.6 Å². The van der Waals surface area contributed by atoms with E-state index in [0.717, 1.165) is 12.5 Å². The van der Waals surface area contributed by atoms with E-state index in [1.54, 1.807) is 0 Å². The fourth-order valence-corrected chi connectivity index (χ4v) is 2.90. The second-order valence-electron chi connectivity index (χ2n) is 6.33. The quantitative estimate of drug-likeness (QED) is 0.428. The summed E-state index contributed by atoms with van der Waals surface area (Å²) < 4.78 is 1.25. The van der Waals surface area contributed by atoms with Gasteiger partial charge in [0.05, 0.1) is 11.5 Å². The van der Waals surface area contributed by atoms with Gasteiger partial charge < -0.3 is 16.0 Å². The number of anilines is 3. The monoisotopic (exact) mass is 424 g/mol. The van der Waals surface area contributed by atoms with Crippen LogP contribution in [0.1, 0.15) is 19.8 Å². The number of carbonyl (C=O) groups excluding carboxylic acids is 1. The smallest absolute Gasteiger partial charge is 0.330 e. The molecular weight excluding hydrogens is 404 g/mol. The zero-order valence-corrected chi connectivity index (χ0v) is 16.7. The summed E-state index contributed by atoms with van der Waals surface area (Å²) in [7, 11) is 1.47. The number of rotatable bonds is 8. The highest BCUT2D eigenvalue weighted by Gasteiger charge is 2.19. The highest BCUT2D eigenvalue weighted by Crippen LogP contribution is 2.27. The molecule has 0 aliphatic heterocycles. The topological polar surface area (TPSA) is 156 Å². The van der Waals surface area contributed by atoms with E-state index in [0.29, 0.717) is 13.0 Å². The van der Waals surface area contributed by atoms with Crippen LogP contribution in [-0.2, 0) is 11.3 Å². The lowest BCUT2D eigenvalue weighted by atomic mass is 10.2. The van der Waals surface area contributed by atoms with Crippen molar-refractivity contribution in [3.63, 3.8) is 0 Å². The summed E-state index contributed by atoms with van der Waals surface area (Å²) in [5.74, 6) is -0.584. The Morgan fingerprint density at radius 3 is 2.72 bits per heavy atom. The van der Waals surface area contributed by atoms with Crippen LogP contribution in [0.2, 0.25) is 5.02 Å². The van der Waals surface area contributed by atoms with Crippen molar-refractivity contribution >= 4 is 40.4 Å². The number of hydrogen-bond donors (Lipinski definition) is 3.